The molecule has 0 saturated carbocycles. The molecule has 112 valence electrons. The molecular weight excluding hydrogens is 338 g/mol. The van der Waals surface area contributed by atoms with E-state index in [4.69, 9.17) is 9.47 Å². The third-order valence-corrected chi connectivity index (χ3v) is 6.32. The highest BCUT2D eigenvalue weighted by Crippen LogP contribution is 2.50. The molecule has 1 aliphatic heterocycles. The van der Waals surface area contributed by atoms with Gasteiger partial charge >= 0.3 is 0 Å². The highest BCUT2D eigenvalue weighted by Gasteiger charge is 2.39. The van der Waals surface area contributed by atoms with Crippen molar-refractivity contribution in [1.29, 1.82) is 0 Å². The van der Waals surface area contributed by atoms with E-state index in [1.165, 1.54) is 24.2 Å². The Morgan fingerprint density at radius 1 is 1.35 bits per heavy atom. The molecule has 3 nitrogen and oxygen atoms in total. The van der Waals surface area contributed by atoms with Gasteiger partial charge in [0.1, 0.15) is 16.0 Å². The molecule has 1 fully saturated rings. The topological polar surface area (TPSA) is 30.5 Å². The number of thioether (sulfide) groups is 1. The van der Waals surface area contributed by atoms with Gasteiger partial charge < -0.3 is 14.8 Å². The minimum atomic E-state index is 0.204. The van der Waals surface area contributed by atoms with E-state index in [0.29, 0.717) is 0 Å². The molecule has 5 heteroatoms. The van der Waals surface area contributed by atoms with E-state index in [1.54, 1.807) is 14.2 Å². The molecule has 0 amide bonds. The third-order valence-electron chi connectivity index (χ3n) is 3.98. The zero-order valence-electron chi connectivity index (χ0n) is 12.5. The molecule has 0 aromatic heterocycles. The molecule has 0 aliphatic carbocycles. The maximum atomic E-state index is 5.63. The molecule has 20 heavy (non-hydrogen) atoms. The Balaban J connectivity index is 2.47. The Morgan fingerprint density at radius 3 is 2.60 bits per heavy atom. The van der Waals surface area contributed by atoms with Gasteiger partial charge in [0.05, 0.1) is 20.3 Å². The van der Waals surface area contributed by atoms with Crippen LogP contribution >= 0.6 is 27.7 Å². The Labute approximate surface area is 133 Å². The predicted octanol–water partition coefficient (Wildman–Crippen LogP) is 4.01. The van der Waals surface area contributed by atoms with Crippen LogP contribution in [0.4, 0.5) is 0 Å². The highest BCUT2D eigenvalue weighted by atomic mass is 79.9. The summed E-state index contributed by atoms with van der Waals surface area (Å²) in [5, 5.41) is 3.48. The summed E-state index contributed by atoms with van der Waals surface area (Å²) in [5.74, 6) is 2.89. The van der Waals surface area contributed by atoms with Crippen LogP contribution in [0.3, 0.4) is 0 Å². The summed E-state index contributed by atoms with van der Waals surface area (Å²) in [4.78, 5) is 0. The van der Waals surface area contributed by atoms with Gasteiger partial charge in [0, 0.05) is 10.3 Å². The predicted molar refractivity (Wildman–Crippen MR) is 89.1 cm³/mol. The second kappa shape index (κ2) is 6.58. The molecule has 1 aliphatic rings. The van der Waals surface area contributed by atoms with Gasteiger partial charge in [0.2, 0.25) is 0 Å². The summed E-state index contributed by atoms with van der Waals surface area (Å²) in [7, 11) is 5.40. The quantitative estimate of drug-likeness (QED) is 0.860. The van der Waals surface area contributed by atoms with Crippen LogP contribution in [0.1, 0.15) is 31.4 Å². The number of hydrogen-bond acceptors (Lipinski definition) is 4. The number of hydrogen-bond donors (Lipinski definition) is 1. The van der Waals surface area contributed by atoms with Crippen LogP contribution in [0.2, 0.25) is 0 Å². The summed E-state index contributed by atoms with van der Waals surface area (Å²) < 4.78 is 12.1. The molecule has 1 aromatic carbocycles. The number of halogens is 1. The number of ether oxygens (including phenoxy) is 2. The van der Waals surface area contributed by atoms with Crippen molar-refractivity contribution in [2.24, 2.45) is 0 Å². The summed E-state index contributed by atoms with van der Waals surface area (Å²) in [6.07, 6.45) is 2.50. The number of benzene rings is 1. The molecule has 0 bridgehead atoms. The van der Waals surface area contributed by atoms with Gasteiger partial charge in [-0.25, -0.2) is 0 Å². The first-order valence-corrected chi connectivity index (χ1v) is 8.57. The molecule has 1 aromatic rings. The summed E-state index contributed by atoms with van der Waals surface area (Å²) >= 11 is 5.63. The van der Waals surface area contributed by atoms with E-state index in [-0.39, 0.29) is 10.8 Å². The Hall–Kier alpha value is -0.390. The van der Waals surface area contributed by atoms with Crippen LogP contribution in [0, 0.1) is 0 Å². The lowest BCUT2D eigenvalue weighted by molar-refractivity contribution is 0.369. The fraction of sp³-hybridized carbons (Fsp3) is 0.600. The van der Waals surface area contributed by atoms with E-state index in [2.05, 4.69) is 34.2 Å². The van der Waals surface area contributed by atoms with E-state index in [1.807, 2.05) is 24.9 Å². The van der Waals surface area contributed by atoms with Gasteiger partial charge in [-0.3, -0.25) is 0 Å². The zero-order chi connectivity index (χ0) is 14.8. The van der Waals surface area contributed by atoms with E-state index in [9.17, 15) is 0 Å². The van der Waals surface area contributed by atoms with E-state index >= 15 is 0 Å². The second-order valence-corrected chi connectivity index (χ2v) is 7.61. The molecular formula is C15H22BrNO2S. The minimum absolute atomic E-state index is 0.204. The van der Waals surface area contributed by atoms with Crippen LogP contribution < -0.4 is 14.8 Å². The Kier molecular flexibility index (Phi) is 5.26. The van der Waals surface area contributed by atoms with Crippen LogP contribution in [0.25, 0.3) is 0 Å². The number of rotatable bonds is 5. The molecule has 0 spiro atoms. The first kappa shape index (κ1) is 16.0. The average Bonchev–Trinajstić information content (AvgIpc) is 2.87. The van der Waals surface area contributed by atoms with Crippen LogP contribution in [0.5, 0.6) is 11.5 Å². The third kappa shape index (κ3) is 2.81. The molecule has 2 rings (SSSR count). The molecule has 1 saturated heterocycles. The van der Waals surface area contributed by atoms with Gasteiger partial charge in [-0.15, -0.1) is 0 Å². The van der Waals surface area contributed by atoms with Gasteiger partial charge in [0.25, 0.3) is 0 Å². The number of nitrogens with one attached hydrogen (secondary N) is 1. The van der Waals surface area contributed by atoms with Crippen molar-refractivity contribution in [2.45, 2.75) is 30.6 Å². The lowest BCUT2D eigenvalue weighted by atomic mass is 9.89. The molecule has 2 unspecified atom stereocenters. The molecule has 1 N–H and O–H groups in total. The normalized spacial score (nSPS) is 23.6. The maximum absolute atomic E-state index is 5.63. The minimum Gasteiger partial charge on any atom is -0.495 e. The van der Waals surface area contributed by atoms with Crippen molar-refractivity contribution in [3.63, 3.8) is 0 Å². The van der Waals surface area contributed by atoms with E-state index in [0.717, 1.165) is 16.0 Å². The maximum Gasteiger partial charge on any atom is 0.141 e. The van der Waals surface area contributed by atoms with Crippen molar-refractivity contribution < 1.29 is 9.47 Å². The average molecular weight is 360 g/mol. The van der Waals surface area contributed by atoms with Gasteiger partial charge in [-0.1, -0.05) is 0 Å². The lowest BCUT2D eigenvalue weighted by Crippen LogP contribution is -2.35. The molecule has 1 heterocycles. The first-order chi connectivity index (χ1) is 9.57. The standard InChI is InChI=1S/C15H22BrNO2S/c1-15(8-5-9-20-15)14(17-2)10-6-7-11(18-3)12(16)13(10)19-4/h6-7,14,17H,5,8-9H2,1-4H3. The zero-order valence-corrected chi connectivity index (χ0v) is 14.9. The number of methoxy groups -OCH3 is 2. The Bertz CT molecular complexity index is 475. The van der Waals surface area contributed by atoms with E-state index < -0.39 is 0 Å². The van der Waals surface area contributed by atoms with Crippen LogP contribution in [-0.4, -0.2) is 31.8 Å². The summed E-state index contributed by atoms with van der Waals surface area (Å²) in [6, 6.07) is 4.36. The smallest absolute Gasteiger partial charge is 0.141 e. The van der Waals surface area contributed by atoms with Gasteiger partial charge in [-0.2, -0.15) is 11.8 Å². The van der Waals surface area contributed by atoms with Crippen LogP contribution in [0.15, 0.2) is 16.6 Å². The van der Waals surface area contributed by atoms with Crippen molar-refractivity contribution in [3.8, 4) is 11.5 Å². The SMILES string of the molecule is CNC(c1ccc(OC)c(Br)c1OC)C1(C)CCCS1. The van der Waals surface area contributed by atoms with Crippen molar-refractivity contribution in [1.82, 2.24) is 5.32 Å². The second-order valence-electron chi connectivity index (χ2n) is 5.19. The molecule has 0 radical (unpaired) electrons. The summed E-state index contributed by atoms with van der Waals surface area (Å²) in [6.45, 7) is 2.34. The lowest BCUT2D eigenvalue weighted by Gasteiger charge is -2.34. The van der Waals surface area contributed by atoms with Crippen molar-refractivity contribution in [3.05, 3.63) is 22.2 Å². The van der Waals surface area contributed by atoms with Gasteiger partial charge in [0.15, 0.2) is 0 Å². The monoisotopic (exact) mass is 359 g/mol. The van der Waals surface area contributed by atoms with Gasteiger partial charge in [-0.05, 0) is 60.6 Å². The fourth-order valence-electron chi connectivity index (χ4n) is 2.96. The van der Waals surface area contributed by atoms with Crippen molar-refractivity contribution in [2.75, 3.05) is 27.0 Å². The highest BCUT2D eigenvalue weighted by molar-refractivity contribution is 9.10. The van der Waals surface area contributed by atoms with Crippen LogP contribution in [-0.2, 0) is 0 Å². The first-order valence-electron chi connectivity index (χ1n) is 6.79. The largest absolute Gasteiger partial charge is 0.495 e. The summed E-state index contributed by atoms with van der Waals surface area (Å²) in [5.41, 5.74) is 1.18. The fourth-order valence-corrected chi connectivity index (χ4v) is 5.10. The molecule has 2 atom stereocenters. The Morgan fingerprint density at radius 2 is 2.10 bits per heavy atom. The van der Waals surface area contributed by atoms with Crippen molar-refractivity contribution >= 4 is 27.7 Å².